The Balaban J connectivity index is 1.68. The van der Waals surface area contributed by atoms with Crippen LogP contribution in [0.15, 0.2) is 41.3 Å². The topological polar surface area (TPSA) is 85.6 Å². The zero-order valence-electron chi connectivity index (χ0n) is 18.8. The molecule has 3 rings (SSSR count). The van der Waals surface area contributed by atoms with Gasteiger partial charge in [-0.15, -0.1) is 0 Å². The quantitative estimate of drug-likeness (QED) is 0.464. The summed E-state index contributed by atoms with van der Waals surface area (Å²) in [5.74, 6) is 0.0778. The molecule has 1 heterocycles. The molecular weight excluding hydrogens is 465 g/mol. The average Bonchev–Trinajstić information content (AvgIpc) is 2.79. The molecule has 1 aliphatic heterocycles. The van der Waals surface area contributed by atoms with Gasteiger partial charge in [0.25, 0.3) is 0 Å². The minimum absolute atomic E-state index is 0.00551. The first-order valence-corrected chi connectivity index (χ1v) is 12.4. The van der Waals surface area contributed by atoms with E-state index in [0.717, 1.165) is 12.0 Å². The molecule has 0 aliphatic carbocycles. The van der Waals surface area contributed by atoms with Crippen molar-refractivity contribution in [3.8, 4) is 11.8 Å². The monoisotopic (exact) mass is 493 g/mol. The number of aliphatic hydroxyl groups excluding tert-OH is 1. The Kier molecular flexibility index (Phi) is 8.85. The number of nitrogens with zero attached hydrogens (tertiary/aromatic N) is 2. The lowest BCUT2D eigenvalue weighted by atomic mass is 9.82. The van der Waals surface area contributed by atoms with Crippen molar-refractivity contribution < 1.29 is 18.4 Å². The summed E-state index contributed by atoms with van der Waals surface area (Å²) >= 11 is 6.46. The Morgan fingerprint density at radius 2 is 2.12 bits per heavy atom. The fraction of sp³-hybridized carbons (Fsp3) is 0.458. The van der Waals surface area contributed by atoms with Gasteiger partial charge in [-0.1, -0.05) is 31.5 Å². The van der Waals surface area contributed by atoms with E-state index in [4.69, 9.17) is 26.7 Å². The third-order valence-corrected chi connectivity index (χ3v) is 7.86. The number of aliphatic hydroxyl groups is 1. The second-order valence-corrected chi connectivity index (χ2v) is 10.4. The molecule has 0 amide bonds. The molecule has 2 atom stereocenters. The molecule has 0 radical (unpaired) electrons. The van der Waals surface area contributed by atoms with Gasteiger partial charge >= 0.3 is 0 Å². The maximum atomic E-state index is 13.9. The van der Waals surface area contributed by atoms with Crippen LogP contribution in [0.5, 0.6) is 5.75 Å². The molecule has 0 aromatic heterocycles. The van der Waals surface area contributed by atoms with Gasteiger partial charge in [0.2, 0.25) is 0 Å². The Hall–Kier alpha value is -2.02. The molecule has 0 spiro atoms. The van der Waals surface area contributed by atoms with Crippen molar-refractivity contribution in [2.24, 2.45) is 5.41 Å². The van der Waals surface area contributed by atoms with E-state index in [1.165, 1.54) is 12.1 Å². The molecule has 1 fully saturated rings. The summed E-state index contributed by atoms with van der Waals surface area (Å²) in [6, 6.07) is 11.6. The van der Waals surface area contributed by atoms with Gasteiger partial charge in [0, 0.05) is 37.7 Å². The van der Waals surface area contributed by atoms with E-state index in [0.29, 0.717) is 47.8 Å². The molecule has 1 saturated heterocycles. The maximum Gasteiger partial charge on any atom is 0.144 e. The van der Waals surface area contributed by atoms with E-state index in [2.05, 4.69) is 19.2 Å². The van der Waals surface area contributed by atoms with Crippen LogP contribution in [0.3, 0.4) is 0 Å². The van der Waals surface area contributed by atoms with E-state index in [1.807, 2.05) is 22.5 Å². The van der Waals surface area contributed by atoms with Gasteiger partial charge in [-0.2, -0.15) is 5.26 Å². The highest BCUT2D eigenvalue weighted by Crippen LogP contribution is 2.36. The van der Waals surface area contributed by atoms with Gasteiger partial charge in [-0.05, 0) is 42.2 Å². The van der Waals surface area contributed by atoms with Gasteiger partial charge in [0.1, 0.15) is 28.6 Å². The van der Waals surface area contributed by atoms with Crippen molar-refractivity contribution in [3.05, 3.63) is 58.4 Å². The number of benzene rings is 2. The number of ether oxygens (including phenoxy) is 1. The summed E-state index contributed by atoms with van der Waals surface area (Å²) in [5, 5.41) is 21.7. The number of nitrogens with one attached hydrogen (secondary N) is 1. The SMILES string of the molecule is CCC(C)c1ccc(S(=O)N2CC(CNCCO)(COc3ccc(C#N)c(F)c3)C2)c(Cl)c1. The van der Waals surface area contributed by atoms with Crippen LogP contribution in [0.1, 0.15) is 37.3 Å². The van der Waals surface area contributed by atoms with Crippen LogP contribution in [0, 0.1) is 22.6 Å². The number of nitriles is 1. The van der Waals surface area contributed by atoms with Crippen molar-refractivity contribution in [1.82, 2.24) is 9.62 Å². The first-order valence-electron chi connectivity index (χ1n) is 10.9. The predicted molar refractivity (Wildman–Crippen MR) is 127 cm³/mol. The maximum absolute atomic E-state index is 13.9. The molecule has 9 heteroatoms. The lowest BCUT2D eigenvalue weighted by Gasteiger charge is -2.48. The van der Waals surface area contributed by atoms with Crippen LogP contribution in [0.4, 0.5) is 4.39 Å². The van der Waals surface area contributed by atoms with E-state index in [-0.39, 0.29) is 24.2 Å². The minimum atomic E-state index is -1.41. The van der Waals surface area contributed by atoms with Crippen molar-refractivity contribution in [2.45, 2.75) is 31.1 Å². The lowest BCUT2D eigenvalue weighted by Crippen LogP contribution is -2.63. The van der Waals surface area contributed by atoms with Gasteiger partial charge in [-0.25, -0.2) is 12.9 Å². The number of rotatable bonds is 11. The smallest absolute Gasteiger partial charge is 0.144 e. The second kappa shape index (κ2) is 11.4. The minimum Gasteiger partial charge on any atom is -0.493 e. The van der Waals surface area contributed by atoms with Crippen LogP contribution >= 0.6 is 11.6 Å². The van der Waals surface area contributed by atoms with Gasteiger partial charge in [-0.3, -0.25) is 0 Å². The van der Waals surface area contributed by atoms with E-state index in [1.54, 1.807) is 12.1 Å². The Labute approximate surface area is 201 Å². The molecule has 178 valence electrons. The number of halogens is 2. The van der Waals surface area contributed by atoms with Crippen molar-refractivity contribution in [1.29, 1.82) is 5.26 Å². The van der Waals surface area contributed by atoms with Gasteiger partial charge in [0.15, 0.2) is 0 Å². The molecule has 2 N–H and O–H groups in total. The fourth-order valence-electron chi connectivity index (χ4n) is 3.76. The van der Waals surface area contributed by atoms with Crippen LogP contribution in [0.25, 0.3) is 0 Å². The zero-order chi connectivity index (χ0) is 24.0. The van der Waals surface area contributed by atoms with Crippen LogP contribution in [0.2, 0.25) is 5.02 Å². The summed E-state index contributed by atoms with van der Waals surface area (Å²) < 4.78 is 34.7. The molecule has 6 nitrogen and oxygen atoms in total. The molecule has 2 aromatic carbocycles. The molecule has 0 bridgehead atoms. The molecule has 2 aromatic rings. The summed E-state index contributed by atoms with van der Waals surface area (Å²) in [7, 11) is -1.41. The van der Waals surface area contributed by atoms with Crippen molar-refractivity contribution >= 4 is 22.6 Å². The summed E-state index contributed by atoms with van der Waals surface area (Å²) in [5.41, 5.74) is 0.721. The summed E-state index contributed by atoms with van der Waals surface area (Å²) in [6.45, 7) is 6.46. The van der Waals surface area contributed by atoms with Gasteiger partial charge in [0.05, 0.1) is 28.7 Å². The van der Waals surface area contributed by atoms with Crippen molar-refractivity contribution in [2.75, 3.05) is 39.4 Å². The molecule has 0 saturated carbocycles. The number of hydrogen-bond donors (Lipinski definition) is 2. The van der Waals surface area contributed by atoms with Crippen molar-refractivity contribution in [3.63, 3.8) is 0 Å². The Morgan fingerprint density at radius 3 is 2.73 bits per heavy atom. The first-order chi connectivity index (χ1) is 15.8. The summed E-state index contributed by atoms with van der Waals surface area (Å²) in [4.78, 5) is 0.579. The van der Waals surface area contributed by atoms with E-state index >= 15 is 0 Å². The third-order valence-electron chi connectivity index (χ3n) is 5.98. The number of hydrogen-bond acceptors (Lipinski definition) is 5. The van der Waals surface area contributed by atoms with Crippen LogP contribution < -0.4 is 10.1 Å². The van der Waals surface area contributed by atoms with E-state index < -0.39 is 16.8 Å². The Morgan fingerprint density at radius 1 is 1.36 bits per heavy atom. The predicted octanol–water partition coefficient (Wildman–Crippen LogP) is 3.85. The standard InChI is InChI=1S/C24H29ClFN3O3S/c1-3-17(2)18-5-7-23(21(25)10-18)33(31)29-14-24(15-29,13-28-8-9-30)16-32-20-6-4-19(12-27)22(26)11-20/h4-7,10-11,17,28,30H,3,8-9,13-16H2,1-2H3. The van der Waals surface area contributed by atoms with Gasteiger partial charge < -0.3 is 15.2 Å². The second-order valence-electron chi connectivity index (χ2n) is 8.49. The fourth-order valence-corrected chi connectivity index (χ4v) is 5.62. The first kappa shape index (κ1) is 25.6. The Bertz CT molecular complexity index is 1040. The normalized spacial score (nSPS) is 17.1. The van der Waals surface area contributed by atoms with E-state index in [9.17, 15) is 8.60 Å². The molecule has 1 aliphatic rings. The molecule has 33 heavy (non-hydrogen) atoms. The highest BCUT2D eigenvalue weighted by atomic mass is 35.5. The molecule has 2 unspecified atom stereocenters. The summed E-state index contributed by atoms with van der Waals surface area (Å²) in [6.07, 6.45) is 0.997. The third kappa shape index (κ3) is 6.11. The van der Waals surface area contributed by atoms with Crippen LogP contribution in [-0.4, -0.2) is 53.0 Å². The average molecular weight is 494 g/mol. The highest BCUT2D eigenvalue weighted by molar-refractivity contribution is 7.82. The van der Waals surface area contributed by atoms with Crippen LogP contribution in [-0.2, 0) is 11.0 Å². The highest BCUT2D eigenvalue weighted by Gasteiger charge is 2.46. The molecular formula is C24H29ClFN3O3S. The lowest BCUT2D eigenvalue weighted by molar-refractivity contribution is 0.0218. The zero-order valence-corrected chi connectivity index (χ0v) is 20.4. The largest absolute Gasteiger partial charge is 0.493 e.